The van der Waals surface area contributed by atoms with E-state index in [0.717, 1.165) is 11.3 Å². The van der Waals surface area contributed by atoms with Crippen molar-refractivity contribution in [2.75, 3.05) is 0 Å². The van der Waals surface area contributed by atoms with Crippen molar-refractivity contribution < 1.29 is 4.79 Å². The molecular weight excluding hydrogens is 212 g/mol. The highest BCUT2D eigenvalue weighted by atomic mass is 16.1. The SMILES string of the molecule is CC(C)C(=O)c1cc(-c2ccccc2)n(C)n1. The molecule has 0 spiro atoms. The van der Waals surface area contributed by atoms with Gasteiger partial charge in [0.05, 0.1) is 5.69 Å². The van der Waals surface area contributed by atoms with E-state index in [2.05, 4.69) is 5.10 Å². The molecule has 0 aliphatic carbocycles. The molecule has 88 valence electrons. The Balaban J connectivity index is 2.42. The van der Waals surface area contributed by atoms with Crippen molar-refractivity contribution in [2.45, 2.75) is 13.8 Å². The second-order valence-electron chi connectivity index (χ2n) is 4.42. The number of carbonyl (C=O) groups excluding carboxylic acids is 1. The van der Waals surface area contributed by atoms with Crippen LogP contribution in [-0.2, 0) is 7.05 Å². The zero-order valence-corrected chi connectivity index (χ0v) is 10.3. The maximum Gasteiger partial charge on any atom is 0.185 e. The van der Waals surface area contributed by atoms with Crippen molar-refractivity contribution in [2.24, 2.45) is 13.0 Å². The van der Waals surface area contributed by atoms with Gasteiger partial charge in [-0.1, -0.05) is 44.2 Å². The van der Waals surface area contributed by atoms with Crippen LogP contribution in [0.5, 0.6) is 0 Å². The van der Waals surface area contributed by atoms with E-state index in [0.29, 0.717) is 5.69 Å². The normalized spacial score (nSPS) is 10.8. The molecule has 1 heterocycles. The van der Waals surface area contributed by atoms with Gasteiger partial charge in [-0.25, -0.2) is 0 Å². The molecule has 0 saturated carbocycles. The van der Waals surface area contributed by atoms with Gasteiger partial charge >= 0.3 is 0 Å². The van der Waals surface area contributed by atoms with Gasteiger partial charge in [0, 0.05) is 13.0 Å². The standard InChI is InChI=1S/C14H16N2O/c1-10(2)14(17)12-9-13(16(3)15-12)11-7-5-4-6-8-11/h4-10H,1-3H3. The van der Waals surface area contributed by atoms with Gasteiger partial charge in [-0.3, -0.25) is 9.48 Å². The van der Waals surface area contributed by atoms with Gasteiger partial charge in [0.2, 0.25) is 0 Å². The first-order chi connectivity index (χ1) is 8.09. The number of Topliss-reactive ketones (excluding diaryl/α,β-unsaturated/α-hetero) is 1. The first-order valence-corrected chi connectivity index (χ1v) is 5.73. The van der Waals surface area contributed by atoms with Crippen LogP contribution in [0.4, 0.5) is 0 Å². The number of aromatic nitrogens is 2. The molecule has 2 rings (SSSR count). The number of ketones is 1. The quantitative estimate of drug-likeness (QED) is 0.757. The molecular formula is C14H16N2O. The molecule has 0 atom stereocenters. The number of hydrogen-bond acceptors (Lipinski definition) is 2. The number of hydrogen-bond donors (Lipinski definition) is 0. The summed E-state index contributed by atoms with van der Waals surface area (Å²) < 4.78 is 1.75. The summed E-state index contributed by atoms with van der Waals surface area (Å²) in [5.74, 6) is 0.0660. The molecule has 0 fully saturated rings. The summed E-state index contributed by atoms with van der Waals surface area (Å²) in [5, 5.41) is 4.28. The Morgan fingerprint density at radius 3 is 2.47 bits per heavy atom. The summed E-state index contributed by atoms with van der Waals surface area (Å²) in [4.78, 5) is 11.9. The van der Waals surface area contributed by atoms with E-state index in [1.54, 1.807) is 4.68 Å². The van der Waals surface area contributed by atoms with Crippen LogP contribution < -0.4 is 0 Å². The van der Waals surface area contributed by atoms with Gasteiger partial charge in [-0.2, -0.15) is 5.10 Å². The van der Waals surface area contributed by atoms with Crippen molar-refractivity contribution in [3.05, 3.63) is 42.1 Å². The van der Waals surface area contributed by atoms with Crippen LogP contribution in [-0.4, -0.2) is 15.6 Å². The minimum absolute atomic E-state index is 0.0199. The highest BCUT2D eigenvalue weighted by Crippen LogP contribution is 2.20. The average Bonchev–Trinajstić information content (AvgIpc) is 2.71. The zero-order chi connectivity index (χ0) is 12.4. The number of benzene rings is 1. The van der Waals surface area contributed by atoms with Crippen molar-refractivity contribution in [1.82, 2.24) is 9.78 Å². The minimum atomic E-state index is -0.0199. The number of rotatable bonds is 3. The Hall–Kier alpha value is -1.90. The smallest absolute Gasteiger partial charge is 0.185 e. The fraction of sp³-hybridized carbons (Fsp3) is 0.286. The number of carbonyl (C=O) groups is 1. The lowest BCUT2D eigenvalue weighted by Crippen LogP contribution is -2.08. The monoisotopic (exact) mass is 228 g/mol. The van der Waals surface area contributed by atoms with Gasteiger partial charge in [0.25, 0.3) is 0 Å². The molecule has 0 unspecified atom stereocenters. The average molecular weight is 228 g/mol. The van der Waals surface area contributed by atoms with Crippen LogP contribution in [0.2, 0.25) is 0 Å². The Kier molecular flexibility index (Phi) is 3.09. The van der Waals surface area contributed by atoms with Crippen molar-refractivity contribution in [3.8, 4) is 11.3 Å². The molecule has 0 N–H and O–H groups in total. The van der Waals surface area contributed by atoms with Crippen molar-refractivity contribution in [1.29, 1.82) is 0 Å². The third-order valence-electron chi connectivity index (χ3n) is 2.73. The van der Waals surface area contributed by atoms with Gasteiger partial charge in [-0.15, -0.1) is 0 Å². The van der Waals surface area contributed by atoms with Gasteiger partial charge < -0.3 is 0 Å². The summed E-state index contributed by atoms with van der Waals surface area (Å²) in [5.41, 5.74) is 2.58. The molecule has 0 bridgehead atoms. The highest BCUT2D eigenvalue weighted by Gasteiger charge is 2.16. The van der Waals surface area contributed by atoms with E-state index in [9.17, 15) is 4.79 Å². The van der Waals surface area contributed by atoms with Crippen LogP contribution in [0.3, 0.4) is 0 Å². The zero-order valence-electron chi connectivity index (χ0n) is 10.3. The maximum atomic E-state index is 11.9. The molecule has 3 heteroatoms. The largest absolute Gasteiger partial charge is 0.292 e. The fourth-order valence-electron chi connectivity index (χ4n) is 1.76. The topological polar surface area (TPSA) is 34.9 Å². The van der Waals surface area contributed by atoms with E-state index in [1.807, 2.05) is 57.3 Å². The highest BCUT2D eigenvalue weighted by molar-refractivity contribution is 5.96. The van der Waals surface area contributed by atoms with Crippen molar-refractivity contribution in [3.63, 3.8) is 0 Å². The van der Waals surface area contributed by atoms with E-state index in [1.165, 1.54) is 0 Å². The predicted octanol–water partition coefficient (Wildman–Crippen LogP) is 2.93. The van der Waals surface area contributed by atoms with Crippen LogP contribution in [0, 0.1) is 5.92 Å². The Morgan fingerprint density at radius 2 is 1.88 bits per heavy atom. The van der Waals surface area contributed by atoms with E-state index in [-0.39, 0.29) is 11.7 Å². The van der Waals surface area contributed by atoms with Crippen LogP contribution >= 0.6 is 0 Å². The van der Waals surface area contributed by atoms with E-state index in [4.69, 9.17) is 0 Å². The number of nitrogens with zero attached hydrogens (tertiary/aromatic N) is 2. The third kappa shape index (κ3) is 2.28. The van der Waals surface area contributed by atoms with Crippen LogP contribution in [0.25, 0.3) is 11.3 Å². The van der Waals surface area contributed by atoms with Crippen molar-refractivity contribution >= 4 is 5.78 Å². The predicted molar refractivity (Wildman–Crippen MR) is 67.8 cm³/mol. The Morgan fingerprint density at radius 1 is 1.24 bits per heavy atom. The summed E-state index contributed by atoms with van der Waals surface area (Å²) in [6, 6.07) is 11.8. The molecule has 0 saturated heterocycles. The Bertz CT molecular complexity index is 526. The molecule has 0 amide bonds. The molecule has 2 aromatic rings. The van der Waals surface area contributed by atoms with Crippen LogP contribution in [0.1, 0.15) is 24.3 Å². The molecule has 1 aromatic heterocycles. The van der Waals surface area contributed by atoms with Crippen LogP contribution in [0.15, 0.2) is 36.4 Å². The molecule has 0 aliphatic rings. The van der Waals surface area contributed by atoms with Gasteiger partial charge in [0.1, 0.15) is 5.69 Å². The fourth-order valence-corrected chi connectivity index (χ4v) is 1.76. The van der Waals surface area contributed by atoms with Gasteiger partial charge in [-0.05, 0) is 11.6 Å². The lowest BCUT2D eigenvalue weighted by atomic mass is 10.1. The van der Waals surface area contributed by atoms with Gasteiger partial charge in [0.15, 0.2) is 5.78 Å². The molecule has 0 radical (unpaired) electrons. The summed E-state index contributed by atoms with van der Waals surface area (Å²) in [6.45, 7) is 3.78. The van der Waals surface area contributed by atoms with E-state index >= 15 is 0 Å². The number of aryl methyl sites for hydroxylation is 1. The maximum absolute atomic E-state index is 11.9. The molecule has 0 aliphatic heterocycles. The minimum Gasteiger partial charge on any atom is -0.292 e. The molecule has 1 aromatic carbocycles. The second kappa shape index (κ2) is 4.53. The third-order valence-corrected chi connectivity index (χ3v) is 2.73. The molecule has 17 heavy (non-hydrogen) atoms. The first-order valence-electron chi connectivity index (χ1n) is 5.73. The summed E-state index contributed by atoms with van der Waals surface area (Å²) in [6.07, 6.45) is 0. The first kappa shape index (κ1) is 11.6. The summed E-state index contributed by atoms with van der Waals surface area (Å²) in [7, 11) is 1.86. The summed E-state index contributed by atoms with van der Waals surface area (Å²) >= 11 is 0. The molecule has 3 nitrogen and oxygen atoms in total. The lowest BCUT2D eigenvalue weighted by molar-refractivity contribution is 0.0933. The second-order valence-corrected chi connectivity index (χ2v) is 4.42. The Labute approximate surface area is 101 Å². The van der Waals surface area contributed by atoms with E-state index < -0.39 is 0 Å². The lowest BCUT2D eigenvalue weighted by Gasteiger charge is -1.99.